The molecule has 1 unspecified atom stereocenters. The van der Waals surface area contributed by atoms with E-state index in [1.807, 2.05) is 37.0 Å². The van der Waals surface area contributed by atoms with E-state index in [1.165, 1.54) is 4.70 Å². The molecule has 1 aromatic carbocycles. The highest BCUT2D eigenvalue weighted by molar-refractivity contribution is 7.99. The maximum atomic E-state index is 12.3. The molecule has 1 aliphatic heterocycles. The number of carbonyl (C=O) groups excluding carboxylic acids is 1. The lowest BCUT2D eigenvalue weighted by molar-refractivity contribution is -0.130. The van der Waals surface area contributed by atoms with Crippen LogP contribution in [0.3, 0.4) is 0 Å². The van der Waals surface area contributed by atoms with Gasteiger partial charge in [0.2, 0.25) is 5.91 Å². The van der Waals surface area contributed by atoms with Gasteiger partial charge in [0.15, 0.2) is 0 Å². The van der Waals surface area contributed by atoms with Gasteiger partial charge >= 0.3 is 0 Å². The first-order valence-electron chi connectivity index (χ1n) is 7.12. The number of benzene rings is 1. The summed E-state index contributed by atoms with van der Waals surface area (Å²) in [6, 6.07) is 8.41. The summed E-state index contributed by atoms with van der Waals surface area (Å²) in [6.45, 7) is 1.60. The van der Waals surface area contributed by atoms with Crippen LogP contribution >= 0.6 is 47.9 Å². The van der Waals surface area contributed by atoms with Crippen molar-refractivity contribution in [3.63, 3.8) is 0 Å². The summed E-state index contributed by atoms with van der Waals surface area (Å²) in [5.41, 5.74) is 1.02. The van der Waals surface area contributed by atoms with E-state index in [9.17, 15) is 4.79 Å². The van der Waals surface area contributed by atoms with Crippen LogP contribution in [0.15, 0.2) is 24.3 Å². The first-order valence-corrected chi connectivity index (χ1v) is 9.09. The normalized spacial score (nSPS) is 17.2. The van der Waals surface area contributed by atoms with Crippen molar-refractivity contribution in [3.05, 3.63) is 29.3 Å². The zero-order valence-electron chi connectivity index (χ0n) is 12.9. The van der Waals surface area contributed by atoms with Crippen LogP contribution in [-0.4, -0.2) is 46.9 Å². The minimum Gasteiger partial charge on any atom is -0.339 e. The van der Waals surface area contributed by atoms with E-state index in [2.05, 4.69) is 16.4 Å². The number of thiazole rings is 1. The molecule has 23 heavy (non-hydrogen) atoms. The lowest BCUT2D eigenvalue weighted by Gasteiger charge is -2.25. The molecule has 8 heteroatoms. The number of carbonyl (C=O) groups is 1. The first kappa shape index (κ1) is 20.5. The molecule has 1 N–H and O–H groups in total. The number of halogens is 2. The summed E-state index contributed by atoms with van der Waals surface area (Å²) in [4.78, 5) is 18.7. The summed E-state index contributed by atoms with van der Waals surface area (Å²) in [5.74, 6) is 2.36. The van der Waals surface area contributed by atoms with Gasteiger partial charge in [0.05, 0.1) is 16.8 Å². The van der Waals surface area contributed by atoms with Crippen molar-refractivity contribution in [1.82, 2.24) is 15.2 Å². The van der Waals surface area contributed by atoms with Crippen LogP contribution in [0, 0.1) is 0 Å². The zero-order valence-corrected chi connectivity index (χ0v) is 16.1. The molecule has 4 nitrogen and oxygen atoms in total. The average Bonchev–Trinajstić information content (AvgIpc) is 2.90. The molecule has 1 aliphatic rings. The third-order valence-corrected chi connectivity index (χ3v) is 5.71. The Hall–Kier alpha value is -0.530. The van der Waals surface area contributed by atoms with Gasteiger partial charge in [-0.1, -0.05) is 12.1 Å². The minimum absolute atomic E-state index is 0. The van der Waals surface area contributed by atoms with Crippen molar-refractivity contribution < 1.29 is 4.79 Å². The topological polar surface area (TPSA) is 45.2 Å². The van der Waals surface area contributed by atoms with Crippen molar-refractivity contribution >= 4 is 64.0 Å². The number of rotatable bonds is 4. The summed E-state index contributed by atoms with van der Waals surface area (Å²) < 4.78 is 1.18. The van der Waals surface area contributed by atoms with E-state index in [-0.39, 0.29) is 30.7 Å². The molecular weight excluding hydrogens is 373 g/mol. The maximum Gasteiger partial charge on any atom is 0.224 e. The number of para-hydroxylation sites is 1. The Morgan fingerprint density at radius 3 is 2.87 bits per heavy atom. The van der Waals surface area contributed by atoms with Gasteiger partial charge in [-0.15, -0.1) is 36.2 Å². The molecule has 0 radical (unpaired) electrons. The Kier molecular flexibility index (Phi) is 8.64. The van der Waals surface area contributed by atoms with E-state index in [1.54, 1.807) is 16.2 Å². The van der Waals surface area contributed by atoms with Gasteiger partial charge in [0, 0.05) is 37.6 Å². The van der Waals surface area contributed by atoms with Crippen LogP contribution in [0.5, 0.6) is 0 Å². The Labute approximate surface area is 157 Å². The molecule has 1 fully saturated rings. The highest BCUT2D eigenvalue weighted by atomic mass is 35.5. The van der Waals surface area contributed by atoms with Gasteiger partial charge < -0.3 is 10.2 Å². The van der Waals surface area contributed by atoms with Crippen LogP contribution < -0.4 is 5.32 Å². The predicted molar refractivity (Wildman–Crippen MR) is 104 cm³/mol. The minimum atomic E-state index is 0. The van der Waals surface area contributed by atoms with Crippen LogP contribution in [0.2, 0.25) is 0 Å². The lowest BCUT2D eigenvalue weighted by Crippen LogP contribution is -2.41. The summed E-state index contributed by atoms with van der Waals surface area (Å²) in [6.07, 6.45) is 0.578. The summed E-state index contributed by atoms with van der Waals surface area (Å²) in [7, 11) is 1.87. The number of aromatic nitrogens is 1. The molecule has 0 spiro atoms. The number of nitrogens with zero attached hydrogens (tertiary/aromatic N) is 2. The molecule has 3 rings (SSSR count). The smallest absolute Gasteiger partial charge is 0.224 e. The number of nitrogens with one attached hydrogen (secondary N) is 1. The van der Waals surface area contributed by atoms with Crippen molar-refractivity contribution in [2.24, 2.45) is 0 Å². The van der Waals surface area contributed by atoms with E-state index in [0.717, 1.165) is 28.6 Å². The van der Waals surface area contributed by atoms with Crippen LogP contribution in [0.25, 0.3) is 10.2 Å². The number of thioether (sulfide) groups is 1. The summed E-state index contributed by atoms with van der Waals surface area (Å²) in [5, 5.41) is 4.41. The monoisotopic (exact) mass is 393 g/mol. The average molecular weight is 394 g/mol. The van der Waals surface area contributed by atoms with Crippen molar-refractivity contribution in [1.29, 1.82) is 0 Å². The fourth-order valence-corrected chi connectivity index (χ4v) is 4.37. The lowest BCUT2D eigenvalue weighted by atomic mass is 10.2. The van der Waals surface area contributed by atoms with Gasteiger partial charge in [0.25, 0.3) is 0 Å². The number of fused-ring (bicyclic) bond motifs is 1. The quantitative estimate of drug-likeness (QED) is 0.865. The van der Waals surface area contributed by atoms with Crippen LogP contribution in [-0.2, 0) is 11.3 Å². The second-order valence-electron chi connectivity index (χ2n) is 5.26. The van der Waals surface area contributed by atoms with E-state index in [0.29, 0.717) is 19.0 Å². The molecule has 1 atom stereocenters. The molecule has 2 heterocycles. The molecular formula is C15H21Cl2N3OS2. The number of hydrogen-bond donors (Lipinski definition) is 1. The van der Waals surface area contributed by atoms with Crippen LogP contribution in [0.4, 0.5) is 0 Å². The summed E-state index contributed by atoms with van der Waals surface area (Å²) >= 11 is 3.58. The Morgan fingerprint density at radius 2 is 2.17 bits per heavy atom. The second-order valence-corrected chi connectivity index (χ2v) is 7.52. The van der Waals surface area contributed by atoms with E-state index >= 15 is 0 Å². The Bertz CT molecular complexity index is 599. The predicted octanol–water partition coefficient (Wildman–Crippen LogP) is 3.19. The zero-order chi connectivity index (χ0) is 14.7. The molecule has 128 valence electrons. The van der Waals surface area contributed by atoms with Gasteiger partial charge in [-0.3, -0.25) is 4.79 Å². The molecule has 0 aliphatic carbocycles. The number of hydrogen-bond acceptors (Lipinski definition) is 5. The molecule has 1 amide bonds. The Balaban J connectivity index is 0.00000132. The van der Waals surface area contributed by atoms with E-state index < -0.39 is 0 Å². The number of amides is 1. The standard InChI is InChI=1S/C15H19N3OS2.2ClH/c1-18(15(19)8-11-10-20-7-6-16-11)9-14-17-12-4-2-3-5-13(12)21-14;;/h2-5,11,16H,6-10H2,1H3;2*1H. The van der Waals surface area contributed by atoms with Crippen molar-refractivity contribution in [3.8, 4) is 0 Å². The highest BCUT2D eigenvalue weighted by Gasteiger charge is 2.19. The highest BCUT2D eigenvalue weighted by Crippen LogP contribution is 2.22. The van der Waals surface area contributed by atoms with Gasteiger partial charge in [-0.25, -0.2) is 4.98 Å². The molecule has 0 bridgehead atoms. The van der Waals surface area contributed by atoms with Crippen molar-refractivity contribution in [2.45, 2.75) is 19.0 Å². The molecule has 1 saturated heterocycles. The first-order chi connectivity index (χ1) is 10.2. The Morgan fingerprint density at radius 1 is 1.39 bits per heavy atom. The molecule has 0 saturated carbocycles. The SMILES string of the molecule is CN(Cc1nc2ccccc2s1)C(=O)CC1CSCCN1.Cl.Cl. The fourth-order valence-electron chi connectivity index (χ4n) is 2.40. The van der Waals surface area contributed by atoms with Crippen molar-refractivity contribution in [2.75, 3.05) is 25.1 Å². The van der Waals surface area contributed by atoms with E-state index in [4.69, 9.17) is 0 Å². The maximum absolute atomic E-state index is 12.3. The fraction of sp³-hybridized carbons (Fsp3) is 0.467. The largest absolute Gasteiger partial charge is 0.339 e. The van der Waals surface area contributed by atoms with Crippen LogP contribution in [0.1, 0.15) is 11.4 Å². The van der Waals surface area contributed by atoms with Gasteiger partial charge in [-0.05, 0) is 12.1 Å². The third kappa shape index (κ3) is 5.50. The van der Waals surface area contributed by atoms with Gasteiger partial charge in [-0.2, -0.15) is 11.8 Å². The van der Waals surface area contributed by atoms with Gasteiger partial charge in [0.1, 0.15) is 5.01 Å². The molecule has 2 aromatic rings. The second kappa shape index (κ2) is 9.69. The third-order valence-electron chi connectivity index (χ3n) is 3.56. The molecule has 1 aromatic heterocycles.